The Labute approximate surface area is 174 Å². The molecular weight excluding hydrogens is 387 g/mol. The average molecular weight is 414 g/mol. The summed E-state index contributed by atoms with van der Waals surface area (Å²) in [5.41, 5.74) is 2.31. The van der Waals surface area contributed by atoms with Crippen LogP contribution in [0.2, 0.25) is 0 Å². The zero-order valence-electron chi connectivity index (χ0n) is 17.7. The predicted octanol–water partition coefficient (Wildman–Crippen LogP) is 2.08. The molecule has 0 aliphatic carbocycles. The first-order valence-corrected chi connectivity index (χ1v) is 10.1. The van der Waals surface area contributed by atoms with E-state index in [9.17, 15) is 9.18 Å². The predicted molar refractivity (Wildman–Crippen MR) is 111 cm³/mol. The number of aromatic nitrogens is 6. The molecule has 9 nitrogen and oxygen atoms in total. The number of H-pyrrole nitrogens is 1. The first-order chi connectivity index (χ1) is 14.3. The third-order valence-electron chi connectivity index (χ3n) is 5.29. The number of hydrogen-bond donors (Lipinski definition) is 2. The summed E-state index contributed by atoms with van der Waals surface area (Å²) in [4.78, 5) is 27.9. The van der Waals surface area contributed by atoms with Gasteiger partial charge in [-0.1, -0.05) is 20.8 Å². The van der Waals surface area contributed by atoms with Crippen LogP contribution in [0.15, 0.2) is 12.5 Å². The van der Waals surface area contributed by atoms with Crippen LogP contribution in [0.4, 0.5) is 10.2 Å². The molecule has 3 aromatic heterocycles. The topological polar surface area (TPSA) is 105 Å². The lowest BCUT2D eigenvalue weighted by Gasteiger charge is -2.22. The number of carbonyl (C=O) groups excluding carboxylic acids is 1. The van der Waals surface area contributed by atoms with Crippen LogP contribution < -0.4 is 10.2 Å². The van der Waals surface area contributed by atoms with Crippen LogP contribution in [0.1, 0.15) is 51.2 Å². The van der Waals surface area contributed by atoms with Crippen molar-refractivity contribution in [2.45, 2.75) is 58.8 Å². The molecule has 1 aliphatic heterocycles. The van der Waals surface area contributed by atoms with Crippen molar-refractivity contribution in [2.75, 3.05) is 18.0 Å². The highest BCUT2D eigenvalue weighted by Gasteiger charge is 2.29. The van der Waals surface area contributed by atoms with Crippen LogP contribution in [-0.2, 0) is 23.4 Å². The van der Waals surface area contributed by atoms with E-state index in [4.69, 9.17) is 9.97 Å². The Balaban J connectivity index is 1.75. The second kappa shape index (κ2) is 7.66. The van der Waals surface area contributed by atoms with Crippen molar-refractivity contribution in [1.29, 1.82) is 0 Å². The largest absolute Gasteiger partial charge is 0.353 e. The molecule has 0 spiro atoms. The summed E-state index contributed by atoms with van der Waals surface area (Å²) in [5.74, 6) is 1.46. The van der Waals surface area contributed by atoms with E-state index in [1.165, 1.54) is 6.92 Å². The van der Waals surface area contributed by atoms with Crippen molar-refractivity contribution in [3.63, 3.8) is 0 Å². The Hall–Kier alpha value is -3.04. The van der Waals surface area contributed by atoms with Gasteiger partial charge in [0.05, 0.1) is 18.6 Å². The minimum absolute atomic E-state index is 0.0295. The van der Waals surface area contributed by atoms with Gasteiger partial charge in [-0.15, -0.1) is 0 Å². The number of halogens is 1. The number of carbonyl (C=O) groups is 1. The highest BCUT2D eigenvalue weighted by molar-refractivity contribution is 5.84. The van der Waals surface area contributed by atoms with E-state index >= 15 is 0 Å². The Bertz CT molecular complexity index is 1070. The second-order valence-corrected chi connectivity index (χ2v) is 8.79. The number of amides is 1. The molecule has 0 saturated carbocycles. The van der Waals surface area contributed by atoms with Crippen molar-refractivity contribution >= 4 is 22.9 Å². The number of aromatic amines is 1. The summed E-state index contributed by atoms with van der Waals surface area (Å²) in [6, 6.07) is 0.0886. The maximum absolute atomic E-state index is 13.2. The molecule has 3 aromatic rings. The van der Waals surface area contributed by atoms with Gasteiger partial charge in [0, 0.05) is 43.2 Å². The zero-order chi connectivity index (χ0) is 21.5. The molecule has 1 unspecified atom stereocenters. The molecule has 4 heterocycles. The molecule has 1 fully saturated rings. The summed E-state index contributed by atoms with van der Waals surface area (Å²) in [7, 11) is 0. The van der Waals surface area contributed by atoms with Crippen LogP contribution in [0.5, 0.6) is 0 Å². The molecule has 0 radical (unpaired) electrons. The van der Waals surface area contributed by atoms with Gasteiger partial charge in [-0.2, -0.15) is 5.10 Å². The van der Waals surface area contributed by atoms with Gasteiger partial charge in [0.2, 0.25) is 5.91 Å². The molecule has 1 aliphatic rings. The maximum Gasteiger partial charge on any atom is 0.217 e. The molecule has 0 aromatic carbocycles. The number of fused-ring (bicyclic) bond motifs is 1. The molecule has 1 atom stereocenters. The van der Waals surface area contributed by atoms with Gasteiger partial charge in [-0.3, -0.25) is 9.89 Å². The van der Waals surface area contributed by atoms with Crippen molar-refractivity contribution in [3.05, 3.63) is 29.6 Å². The fraction of sp³-hybridized carbons (Fsp3) is 0.550. The normalized spacial score (nSPS) is 17.1. The molecule has 1 saturated heterocycles. The minimum atomic E-state index is -0.628. The van der Waals surface area contributed by atoms with E-state index in [0.717, 1.165) is 24.3 Å². The average Bonchev–Trinajstić information content (AvgIpc) is 3.40. The van der Waals surface area contributed by atoms with Crippen LogP contribution in [-0.4, -0.2) is 54.8 Å². The van der Waals surface area contributed by atoms with Crippen molar-refractivity contribution in [1.82, 2.24) is 35.0 Å². The standard InChI is InChI=1S/C20H27FN8O/c1-12(30)24-14-5-6-28(10-14)17-16-18(26-19(25-17)20(2,3)4)29(11-22-16)9-13-8-23-27-15(13)7-21/h8,11,14H,5-7,9-10H2,1-4H3,(H,23,27)(H,24,30). The van der Waals surface area contributed by atoms with E-state index in [1.54, 1.807) is 12.5 Å². The van der Waals surface area contributed by atoms with Gasteiger partial charge in [0.25, 0.3) is 0 Å². The van der Waals surface area contributed by atoms with Crippen LogP contribution in [0, 0.1) is 0 Å². The maximum atomic E-state index is 13.2. The van der Waals surface area contributed by atoms with E-state index < -0.39 is 6.67 Å². The zero-order valence-corrected chi connectivity index (χ0v) is 17.7. The fourth-order valence-corrected chi connectivity index (χ4v) is 3.74. The molecule has 10 heteroatoms. The van der Waals surface area contributed by atoms with E-state index in [-0.39, 0.29) is 17.4 Å². The van der Waals surface area contributed by atoms with Crippen LogP contribution in [0.3, 0.4) is 0 Å². The minimum Gasteiger partial charge on any atom is -0.353 e. The lowest BCUT2D eigenvalue weighted by Crippen LogP contribution is -2.36. The Kier molecular flexibility index (Phi) is 5.17. The van der Waals surface area contributed by atoms with Crippen molar-refractivity contribution < 1.29 is 9.18 Å². The third-order valence-corrected chi connectivity index (χ3v) is 5.29. The van der Waals surface area contributed by atoms with E-state index in [2.05, 4.69) is 46.2 Å². The quantitative estimate of drug-likeness (QED) is 0.662. The summed E-state index contributed by atoms with van der Waals surface area (Å²) in [6.45, 7) is 8.99. The molecule has 1 amide bonds. The summed E-state index contributed by atoms with van der Waals surface area (Å²) in [6.07, 6.45) is 4.27. The number of alkyl halides is 1. The summed E-state index contributed by atoms with van der Waals surface area (Å²) >= 11 is 0. The Morgan fingerprint density at radius 1 is 1.37 bits per heavy atom. The molecular formula is C20H27FN8O. The van der Waals surface area contributed by atoms with Crippen molar-refractivity contribution in [3.8, 4) is 0 Å². The van der Waals surface area contributed by atoms with Gasteiger partial charge in [-0.25, -0.2) is 19.3 Å². The van der Waals surface area contributed by atoms with Gasteiger partial charge >= 0.3 is 0 Å². The fourth-order valence-electron chi connectivity index (χ4n) is 3.74. The highest BCUT2D eigenvalue weighted by Crippen LogP contribution is 2.30. The Morgan fingerprint density at radius 2 is 2.17 bits per heavy atom. The van der Waals surface area contributed by atoms with Gasteiger partial charge in [-0.05, 0) is 6.42 Å². The van der Waals surface area contributed by atoms with E-state index in [1.807, 2.05) is 4.57 Å². The smallest absolute Gasteiger partial charge is 0.217 e. The van der Waals surface area contributed by atoms with Gasteiger partial charge in [0.15, 0.2) is 17.0 Å². The van der Waals surface area contributed by atoms with Crippen LogP contribution in [0.25, 0.3) is 11.2 Å². The summed E-state index contributed by atoms with van der Waals surface area (Å²) in [5, 5.41) is 9.66. The number of imidazole rings is 1. The van der Waals surface area contributed by atoms with Gasteiger partial charge in [0.1, 0.15) is 12.5 Å². The molecule has 4 rings (SSSR count). The highest BCUT2D eigenvalue weighted by atomic mass is 19.1. The molecule has 30 heavy (non-hydrogen) atoms. The monoisotopic (exact) mass is 414 g/mol. The molecule has 0 bridgehead atoms. The van der Waals surface area contributed by atoms with Gasteiger partial charge < -0.3 is 14.8 Å². The molecule has 2 N–H and O–H groups in total. The number of nitrogens with zero attached hydrogens (tertiary/aromatic N) is 6. The number of rotatable bonds is 5. The first kappa shape index (κ1) is 20.2. The number of anilines is 1. The van der Waals surface area contributed by atoms with Crippen molar-refractivity contribution in [2.24, 2.45) is 0 Å². The summed E-state index contributed by atoms with van der Waals surface area (Å²) < 4.78 is 15.1. The Morgan fingerprint density at radius 3 is 2.87 bits per heavy atom. The first-order valence-electron chi connectivity index (χ1n) is 10.1. The van der Waals surface area contributed by atoms with E-state index in [0.29, 0.717) is 35.8 Å². The third kappa shape index (κ3) is 3.86. The molecule has 160 valence electrons. The lowest BCUT2D eigenvalue weighted by atomic mass is 9.96. The lowest BCUT2D eigenvalue weighted by molar-refractivity contribution is -0.119. The number of nitrogens with one attached hydrogen (secondary N) is 2. The number of hydrogen-bond acceptors (Lipinski definition) is 6. The SMILES string of the molecule is CC(=O)NC1CCN(c2nc(C(C)(C)C)nc3c2ncn3Cc2c[nH]nc2CF)C1. The second-order valence-electron chi connectivity index (χ2n) is 8.79. The van der Waals surface area contributed by atoms with Crippen LogP contribution >= 0.6 is 0 Å².